The molecule has 1 atom stereocenters. The summed E-state index contributed by atoms with van der Waals surface area (Å²) < 4.78 is 4.98. The Morgan fingerprint density at radius 2 is 1.75 bits per heavy atom. The zero-order chi connectivity index (χ0) is 17.4. The van der Waals surface area contributed by atoms with Gasteiger partial charge in [0.25, 0.3) is 0 Å². The van der Waals surface area contributed by atoms with Crippen LogP contribution in [0.1, 0.15) is 22.8 Å². The van der Waals surface area contributed by atoms with Crippen molar-refractivity contribution >= 4 is 17.4 Å². The number of methoxy groups -OCH3 is 1. The van der Waals surface area contributed by atoms with E-state index in [4.69, 9.17) is 4.74 Å². The first-order valence-electron chi connectivity index (χ1n) is 7.82. The molecule has 126 valence electrons. The van der Waals surface area contributed by atoms with Crippen LogP contribution in [-0.2, 0) is 9.53 Å². The molecule has 0 bridgehead atoms. The van der Waals surface area contributed by atoms with Gasteiger partial charge in [0.1, 0.15) is 0 Å². The van der Waals surface area contributed by atoms with Crippen LogP contribution < -0.4 is 10.6 Å². The molecule has 0 spiro atoms. The van der Waals surface area contributed by atoms with Gasteiger partial charge in [-0.25, -0.2) is 0 Å². The summed E-state index contributed by atoms with van der Waals surface area (Å²) in [7, 11) is 1.59. The van der Waals surface area contributed by atoms with Gasteiger partial charge in [-0.3, -0.25) is 9.59 Å². The standard InChI is InChI=1S/C19H22N2O3/c1-14(13-24-2)21-18(22)12-20-17-10-6-9-16(11-17)19(23)15-7-4-3-5-8-15/h3-11,14,20H,12-13H2,1-2H3,(H,21,22)/t14-/m0/s1. The Labute approximate surface area is 142 Å². The summed E-state index contributed by atoms with van der Waals surface area (Å²) in [5.41, 5.74) is 1.95. The van der Waals surface area contributed by atoms with Crippen molar-refractivity contribution in [1.29, 1.82) is 0 Å². The maximum absolute atomic E-state index is 12.4. The third kappa shape index (κ3) is 5.21. The van der Waals surface area contributed by atoms with E-state index in [2.05, 4.69) is 10.6 Å². The topological polar surface area (TPSA) is 67.4 Å². The third-order valence-corrected chi connectivity index (χ3v) is 3.44. The summed E-state index contributed by atoms with van der Waals surface area (Å²) in [6.07, 6.45) is 0. The van der Waals surface area contributed by atoms with Crippen molar-refractivity contribution in [2.45, 2.75) is 13.0 Å². The lowest BCUT2D eigenvalue weighted by Crippen LogP contribution is -2.39. The highest BCUT2D eigenvalue weighted by Crippen LogP contribution is 2.14. The van der Waals surface area contributed by atoms with Crippen LogP contribution in [0.5, 0.6) is 0 Å². The number of hydrogen-bond acceptors (Lipinski definition) is 4. The Morgan fingerprint density at radius 1 is 1.04 bits per heavy atom. The summed E-state index contributed by atoms with van der Waals surface area (Å²) in [5, 5.41) is 5.85. The van der Waals surface area contributed by atoms with E-state index in [1.54, 1.807) is 37.4 Å². The van der Waals surface area contributed by atoms with E-state index in [1.807, 2.05) is 31.2 Å². The van der Waals surface area contributed by atoms with E-state index < -0.39 is 0 Å². The maximum atomic E-state index is 12.4. The number of benzene rings is 2. The second-order valence-electron chi connectivity index (χ2n) is 5.55. The van der Waals surface area contributed by atoms with Crippen LogP contribution in [0.15, 0.2) is 54.6 Å². The number of ketones is 1. The van der Waals surface area contributed by atoms with Crippen molar-refractivity contribution in [1.82, 2.24) is 5.32 Å². The van der Waals surface area contributed by atoms with Crippen LogP contribution in [0.25, 0.3) is 0 Å². The van der Waals surface area contributed by atoms with Crippen molar-refractivity contribution in [2.75, 3.05) is 25.6 Å². The molecule has 2 aromatic carbocycles. The zero-order valence-electron chi connectivity index (χ0n) is 13.9. The Bertz CT molecular complexity index is 686. The first-order chi connectivity index (χ1) is 11.6. The van der Waals surface area contributed by atoms with Crippen LogP contribution in [-0.4, -0.2) is 38.0 Å². The molecule has 0 radical (unpaired) electrons. The first-order valence-corrected chi connectivity index (χ1v) is 7.82. The minimum atomic E-state index is -0.126. The number of rotatable bonds is 8. The molecule has 0 saturated heterocycles. The SMILES string of the molecule is COC[C@H](C)NC(=O)CNc1cccc(C(=O)c2ccccc2)c1. The van der Waals surface area contributed by atoms with Crippen molar-refractivity contribution in [3.05, 3.63) is 65.7 Å². The second-order valence-corrected chi connectivity index (χ2v) is 5.55. The van der Waals surface area contributed by atoms with Crippen molar-refractivity contribution in [3.63, 3.8) is 0 Å². The largest absolute Gasteiger partial charge is 0.383 e. The molecule has 2 N–H and O–H groups in total. The zero-order valence-corrected chi connectivity index (χ0v) is 13.9. The summed E-state index contributed by atoms with van der Waals surface area (Å²) in [6, 6.07) is 16.2. The lowest BCUT2D eigenvalue weighted by Gasteiger charge is -2.13. The van der Waals surface area contributed by atoms with Gasteiger partial charge in [-0.2, -0.15) is 0 Å². The molecular formula is C19H22N2O3. The molecule has 0 aliphatic heterocycles. The van der Waals surface area contributed by atoms with Crippen LogP contribution in [0, 0.1) is 0 Å². The highest BCUT2D eigenvalue weighted by atomic mass is 16.5. The Balaban J connectivity index is 1.96. The highest BCUT2D eigenvalue weighted by Gasteiger charge is 2.10. The van der Waals surface area contributed by atoms with E-state index in [1.165, 1.54) is 0 Å². The molecule has 2 rings (SSSR count). The summed E-state index contributed by atoms with van der Waals surface area (Å²) in [5.74, 6) is -0.170. The van der Waals surface area contributed by atoms with Gasteiger partial charge in [0, 0.05) is 30.0 Å². The van der Waals surface area contributed by atoms with Crippen molar-refractivity contribution < 1.29 is 14.3 Å². The highest BCUT2D eigenvalue weighted by molar-refractivity contribution is 6.09. The molecule has 5 nitrogen and oxygen atoms in total. The molecule has 0 heterocycles. The fourth-order valence-electron chi connectivity index (χ4n) is 2.33. The summed E-state index contributed by atoms with van der Waals surface area (Å²) >= 11 is 0. The average molecular weight is 326 g/mol. The molecule has 0 aromatic heterocycles. The first kappa shape index (κ1) is 17.7. The Kier molecular flexibility index (Phi) is 6.51. The number of anilines is 1. The quantitative estimate of drug-likeness (QED) is 0.731. The minimum absolute atomic E-state index is 0.0441. The number of amides is 1. The number of carbonyl (C=O) groups excluding carboxylic acids is 2. The van der Waals surface area contributed by atoms with Gasteiger partial charge < -0.3 is 15.4 Å². The van der Waals surface area contributed by atoms with Crippen LogP contribution in [0.4, 0.5) is 5.69 Å². The van der Waals surface area contributed by atoms with Gasteiger partial charge in [0.05, 0.1) is 13.2 Å². The van der Waals surface area contributed by atoms with E-state index >= 15 is 0 Å². The van der Waals surface area contributed by atoms with E-state index in [0.29, 0.717) is 17.7 Å². The lowest BCUT2D eigenvalue weighted by molar-refractivity contribution is -0.120. The number of ether oxygens (including phenoxy) is 1. The second kappa shape index (κ2) is 8.84. The van der Waals surface area contributed by atoms with E-state index in [9.17, 15) is 9.59 Å². The monoisotopic (exact) mass is 326 g/mol. The van der Waals surface area contributed by atoms with E-state index in [0.717, 1.165) is 5.69 Å². The van der Waals surface area contributed by atoms with Gasteiger partial charge in [0.15, 0.2) is 5.78 Å². The molecule has 5 heteroatoms. The average Bonchev–Trinajstić information content (AvgIpc) is 2.60. The molecule has 0 aliphatic rings. The number of hydrogen-bond donors (Lipinski definition) is 2. The Hall–Kier alpha value is -2.66. The van der Waals surface area contributed by atoms with Crippen LogP contribution >= 0.6 is 0 Å². The van der Waals surface area contributed by atoms with Crippen molar-refractivity contribution in [2.24, 2.45) is 0 Å². The van der Waals surface area contributed by atoms with Gasteiger partial charge in [-0.05, 0) is 19.1 Å². The molecule has 0 fully saturated rings. The van der Waals surface area contributed by atoms with Crippen LogP contribution in [0.3, 0.4) is 0 Å². The summed E-state index contributed by atoms with van der Waals surface area (Å²) in [6.45, 7) is 2.48. The number of carbonyl (C=O) groups is 2. The van der Waals surface area contributed by atoms with Gasteiger partial charge in [0.2, 0.25) is 5.91 Å². The van der Waals surface area contributed by atoms with Crippen LogP contribution in [0.2, 0.25) is 0 Å². The van der Waals surface area contributed by atoms with Gasteiger partial charge in [-0.15, -0.1) is 0 Å². The molecule has 1 amide bonds. The smallest absolute Gasteiger partial charge is 0.239 e. The maximum Gasteiger partial charge on any atom is 0.239 e. The Morgan fingerprint density at radius 3 is 2.46 bits per heavy atom. The predicted octanol–water partition coefficient (Wildman–Crippen LogP) is 2.48. The molecule has 2 aromatic rings. The molecule has 24 heavy (non-hydrogen) atoms. The van der Waals surface area contributed by atoms with Crippen molar-refractivity contribution in [3.8, 4) is 0 Å². The van der Waals surface area contributed by atoms with E-state index in [-0.39, 0.29) is 24.3 Å². The minimum Gasteiger partial charge on any atom is -0.383 e. The predicted molar refractivity (Wildman–Crippen MR) is 94.3 cm³/mol. The molecular weight excluding hydrogens is 304 g/mol. The normalized spacial score (nSPS) is 11.6. The summed E-state index contributed by atoms with van der Waals surface area (Å²) in [4.78, 5) is 24.3. The van der Waals surface area contributed by atoms with Gasteiger partial charge in [-0.1, -0.05) is 42.5 Å². The fourth-order valence-corrected chi connectivity index (χ4v) is 2.33. The lowest BCUT2D eigenvalue weighted by atomic mass is 10.0. The third-order valence-electron chi connectivity index (χ3n) is 3.44. The molecule has 0 aliphatic carbocycles. The number of nitrogens with one attached hydrogen (secondary N) is 2. The molecule has 0 saturated carbocycles. The molecule has 0 unspecified atom stereocenters. The van der Waals surface area contributed by atoms with Gasteiger partial charge >= 0.3 is 0 Å². The fraction of sp³-hybridized carbons (Fsp3) is 0.263.